The standard InChI is InChI=1S/C11H12INO5/c1-7(6-17-2)18-11(14)9-5-8(13(15)16)3-4-10(9)12/h3-5,7H,6H2,1-2H3. The van der Waals surface area contributed by atoms with Crippen LogP contribution in [0.25, 0.3) is 0 Å². The van der Waals surface area contributed by atoms with E-state index in [1.165, 1.54) is 25.3 Å². The molecule has 18 heavy (non-hydrogen) atoms. The third kappa shape index (κ3) is 3.91. The molecule has 0 bridgehead atoms. The monoisotopic (exact) mass is 365 g/mol. The van der Waals surface area contributed by atoms with Crippen LogP contribution in [-0.2, 0) is 9.47 Å². The van der Waals surface area contributed by atoms with Gasteiger partial charge in [-0.15, -0.1) is 0 Å². The Hall–Kier alpha value is -1.22. The summed E-state index contributed by atoms with van der Waals surface area (Å²) in [6.07, 6.45) is -0.405. The van der Waals surface area contributed by atoms with Crippen LogP contribution < -0.4 is 0 Å². The van der Waals surface area contributed by atoms with Gasteiger partial charge in [-0.2, -0.15) is 0 Å². The molecule has 0 N–H and O–H groups in total. The first-order chi connectivity index (χ1) is 8.45. The molecule has 0 heterocycles. The molecule has 1 aromatic rings. The van der Waals surface area contributed by atoms with Crippen molar-refractivity contribution < 1.29 is 19.2 Å². The molecule has 0 radical (unpaired) electrons. The van der Waals surface area contributed by atoms with Gasteiger partial charge in [0.05, 0.1) is 17.1 Å². The third-order valence-electron chi connectivity index (χ3n) is 2.09. The van der Waals surface area contributed by atoms with Gasteiger partial charge in [0.15, 0.2) is 0 Å². The lowest BCUT2D eigenvalue weighted by molar-refractivity contribution is -0.384. The van der Waals surface area contributed by atoms with Gasteiger partial charge < -0.3 is 9.47 Å². The lowest BCUT2D eigenvalue weighted by atomic mass is 10.2. The largest absolute Gasteiger partial charge is 0.457 e. The molecule has 0 saturated carbocycles. The fraction of sp³-hybridized carbons (Fsp3) is 0.364. The van der Waals surface area contributed by atoms with Gasteiger partial charge in [-0.1, -0.05) is 0 Å². The second-order valence-corrected chi connectivity index (χ2v) is 4.75. The number of benzene rings is 1. The van der Waals surface area contributed by atoms with E-state index in [1.54, 1.807) is 6.92 Å². The first-order valence-electron chi connectivity index (χ1n) is 5.09. The van der Waals surface area contributed by atoms with E-state index < -0.39 is 17.0 Å². The second-order valence-electron chi connectivity index (χ2n) is 3.59. The van der Waals surface area contributed by atoms with Crippen LogP contribution in [0.3, 0.4) is 0 Å². The average molecular weight is 365 g/mol. The molecule has 0 saturated heterocycles. The number of nitrogens with zero attached hydrogens (tertiary/aromatic N) is 1. The first-order valence-corrected chi connectivity index (χ1v) is 6.17. The summed E-state index contributed by atoms with van der Waals surface area (Å²) in [7, 11) is 1.50. The van der Waals surface area contributed by atoms with Crippen LogP contribution in [0.2, 0.25) is 0 Å². The van der Waals surface area contributed by atoms with Crippen LogP contribution >= 0.6 is 22.6 Å². The fourth-order valence-corrected chi connectivity index (χ4v) is 1.85. The van der Waals surface area contributed by atoms with Gasteiger partial charge in [0.1, 0.15) is 6.10 Å². The van der Waals surface area contributed by atoms with E-state index in [1.807, 2.05) is 22.6 Å². The number of esters is 1. The van der Waals surface area contributed by atoms with E-state index in [9.17, 15) is 14.9 Å². The fourth-order valence-electron chi connectivity index (χ4n) is 1.30. The van der Waals surface area contributed by atoms with Gasteiger partial charge >= 0.3 is 5.97 Å². The zero-order chi connectivity index (χ0) is 13.7. The van der Waals surface area contributed by atoms with Gasteiger partial charge in [0, 0.05) is 22.8 Å². The highest BCUT2D eigenvalue weighted by Crippen LogP contribution is 2.20. The van der Waals surface area contributed by atoms with Crippen LogP contribution in [0.5, 0.6) is 0 Å². The van der Waals surface area contributed by atoms with E-state index in [-0.39, 0.29) is 17.9 Å². The van der Waals surface area contributed by atoms with Crippen molar-refractivity contribution in [2.24, 2.45) is 0 Å². The molecule has 1 unspecified atom stereocenters. The molecule has 7 heteroatoms. The van der Waals surface area contributed by atoms with Crippen molar-refractivity contribution in [3.63, 3.8) is 0 Å². The number of hydrogen-bond acceptors (Lipinski definition) is 5. The van der Waals surface area contributed by atoms with Gasteiger partial charge in [0.2, 0.25) is 0 Å². The number of carbonyl (C=O) groups excluding carboxylic acids is 1. The SMILES string of the molecule is COCC(C)OC(=O)c1cc([N+](=O)[O-])ccc1I. The van der Waals surface area contributed by atoms with Crippen molar-refractivity contribution >= 4 is 34.2 Å². The highest BCUT2D eigenvalue weighted by molar-refractivity contribution is 14.1. The van der Waals surface area contributed by atoms with Crippen LogP contribution in [0.4, 0.5) is 5.69 Å². The van der Waals surface area contributed by atoms with Crippen LogP contribution in [0.15, 0.2) is 18.2 Å². The van der Waals surface area contributed by atoms with E-state index in [4.69, 9.17) is 9.47 Å². The van der Waals surface area contributed by atoms with Gasteiger partial charge in [0.25, 0.3) is 5.69 Å². The van der Waals surface area contributed by atoms with Crippen molar-refractivity contribution in [2.45, 2.75) is 13.0 Å². The minimum absolute atomic E-state index is 0.137. The number of rotatable bonds is 5. The quantitative estimate of drug-likeness (QED) is 0.347. The number of non-ortho nitro benzene ring substituents is 1. The molecular weight excluding hydrogens is 353 g/mol. The highest BCUT2D eigenvalue weighted by atomic mass is 127. The lowest BCUT2D eigenvalue weighted by Crippen LogP contribution is -2.20. The number of methoxy groups -OCH3 is 1. The maximum absolute atomic E-state index is 11.8. The molecule has 0 aliphatic carbocycles. The maximum atomic E-state index is 11.8. The minimum atomic E-state index is -0.590. The molecule has 1 atom stereocenters. The summed E-state index contributed by atoms with van der Waals surface area (Å²) in [5.74, 6) is -0.590. The smallest absolute Gasteiger partial charge is 0.339 e. The number of hydrogen-bond donors (Lipinski definition) is 0. The first kappa shape index (κ1) is 14.8. The molecule has 0 spiro atoms. The molecule has 1 rings (SSSR count). The Morgan fingerprint density at radius 2 is 2.22 bits per heavy atom. The summed E-state index contributed by atoms with van der Waals surface area (Å²) in [6, 6.07) is 4.07. The van der Waals surface area contributed by atoms with Gasteiger partial charge in [-0.3, -0.25) is 10.1 Å². The number of nitro benzene ring substituents is 1. The molecule has 1 aromatic carbocycles. The normalized spacial score (nSPS) is 11.9. The van der Waals surface area contributed by atoms with Gasteiger partial charge in [-0.25, -0.2) is 4.79 Å². The zero-order valence-corrected chi connectivity index (χ0v) is 12.0. The van der Waals surface area contributed by atoms with E-state index in [0.717, 1.165) is 0 Å². The molecule has 0 aliphatic heterocycles. The van der Waals surface area contributed by atoms with Gasteiger partial charge in [-0.05, 0) is 35.6 Å². The Morgan fingerprint density at radius 1 is 1.56 bits per heavy atom. The van der Waals surface area contributed by atoms with Crippen LogP contribution in [0.1, 0.15) is 17.3 Å². The number of halogens is 1. The predicted octanol–water partition coefficient (Wildman–Crippen LogP) is 2.39. The summed E-state index contributed by atoms with van der Waals surface area (Å²) < 4.78 is 10.6. The highest BCUT2D eigenvalue weighted by Gasteiger charge is 2.18. The molecule has 0 aliphatic rings. The number of carbonyl (C=O) groups is 1. The van der Waals surface area contributed by atoms with Crippen molar-refractivity contribution in [3.8, 4) is 0 Å². The Bertz CT molecular complexity index is 463. The minimum Gasteiger partial charge on any atom is -0.457 e. The molecule has 0 aromatic heterocycles. The summed E-state index contributed by atoms with van der Waals surface area (Å²) in [6.45, 7) is 1.96. The molecule has 0 fully saturated rings. The average Bonchev–Trinajstić information content (AvgIpc) is 2.29. The van der Waals surface area contributed by atoms with Crippen molar-refractivity contribution in [1.82, 2.24) is 0 Å². The lowest BCUT2D eigenvalue weighted by Gasteiger charge is -2.12. The number of ether oxygens (including phenoxy) is 2. The zero-order valence-electron chi connectivity index (χ0n) is 9.88. The Labute approximate surface area is 118 Å². The van der Waals surface area contributed by atoms with Crippen molar-refractivity contribution in [2.75, 3.05) is 13.7 Å². The Kier molecular flexibility index (Phi) is 5.48. The summed E-state index contributed by atoms with van der Waals surface area (Å²) in [4.78, 5) is 21.9. The molecule has 6 nitrogen and oxygen atoms in total. The van der Waals surface area contributed by atoms with Crippen molar-refractivity contribution in [3.05, 3.63) is 37.4 Å². The van der Waals surface area contributed by atoms with E-state index in [2.05, 4.69) is 0 Å². The summed E-state index contributed by atoms with van der Waals surface area (Å²) >= 11 is 1.93. The topological polar surface area (TPSA) is 78.7 Å². The van der Waals surface area contributed by atoms with Crippen molar-refractivity contribution in [1.29, 1.82) is 0 Å². The molecule has 0 amide bonds. The molecule has 98 valence electrons. The van der Waals surface area contributed by atoms with E-state index in [0.29, 0.717) is 3.57 Å². The Morgan fingerprint density at radius 3 is 2.78 bits per heavy atom. The van der Waals surface area contributed by atoms with E-state index >= 15 is 0 Å². The third-order valence-corrected chi connectivity index (χ3v) is 3.03. The maximum Gasteiger partial charge on any atom is 0.339 e. The summed E-state index contributed by atoms with van der Waals surface area (Å²) in [5, 5.41) is 10.6. The second kappa shape index (κ2) is 6.64. The molecular formula is C11H12INO5. The van der Waals surface area contributed by atoms with Crippen LogP contribution in [0, 0.1) is 13.7 Å². The summed E-state index contributed by atoms with van der Waals surface area (Å²) in [5.41, 5.74) is 0.0505. The predicted molar refractivity (Wildman–Crippen MR) is 72.6 cm³/mol. The van der Waals surface area contributed by atoms with Crippen LogP contribution in [-0.4, -0.2) is 30.7 Å². The number of nitro groups is 1. The Balaban J connectivity index is 2.91.